The third kappa shape index (κ3) is 7.04. The maximum absolute atomic E-state index is 12.7. The lowest BCUT2D eigenvalue weighted by molar-refractivity contribution is -0.111. The summed E-state index contributed by atoms with van der Waals surface area (Å²) in [6, 6.07) is 8.99. The van der Waals surface area contributed by atoms with Crippen molar-refractivity contribution in [1.82, 2.24) is 9.78 Å². The lowest BCUT2D eigenvalue weighted by atomic mass is 10.1. The fourth-order valence-electron chi connectivity index (χ4n) is 2.32. The van der Waals surface area contributed by atoms with Gasteiger partial charge in [-0.05, 0) is 43.5 Å². The van der Waals surface area contributed by atoms with Crippen LogP contribution in [0.3, 0.4) is 0 Å². The maximum Gasteiger partial charge on any atom is 0.249 e. The van der Waals surface area contributed by atoms with Gasteiger partial charge in [-0.15, -0.1) is 0 Å². The Hall–Kier alpha value is -2.70. The number of aromatic nitrogens is 2. The van der Waals surface area contributed by atoms with E-state index < -0.39 is 5.92 Å². The Balaban J connectivity index is 1.78. The van der Waals surface area contributed by atoms with Gasteiger partial charge in [-0.2, -0.15) is 5.10 Å². The first-order chi connectivity index (χ1) is 12.4. The number of unbranched alkanes of at least 4 members (excludes halogenated alkanes) is 1. The topological polar surface area (TPSA) is 56.1 Å². The van der Waals surface area contributed by atoms with Gasteiger partial charge in [-0.3, -0.25) is 9.48 Å². The zero-order chi connectivity index (χ0) is 19.0. The molecule has 1 N–H and O–H groups in total. The van der Waals surface area contributed by atoms with E-state index in [1.165, 1.54) is 6.08 Å². The van der Waals surface area contributed by atoms with Crippen molar-refractivity contribution in [3.8, 4) is 5.75 Å². The number of anilines is 1. The van der Waals surface area contributed by atoms with E-state index in [2.05, 4.69) is 10.4 Å². The Bertz CT molecular complexity index is 734. The quantitative estimate of drug-likeness (QED) is 0.532. The summed E-state index contributed by atoms with van der Waals surface area (Å²) < 4.78 is 32.2. The Morgan fingerprint density at radius 1 is 1.27 bits per heavy atom. The average Bonchev–Trinajstić information content (AvgIpc) is 3.04. The second-order valence-electron chi connectivity index (χ2n) is 6.09. The van der Waals surface area contributed by atoms with Gasteiger partial charge in [0, 0.05) is 31.3 Å². The first kappa shape index (κ1) is 19.6. The summed E-state index contributed by atoms with van der Waals surface area (Å²) in [5.41, 5.74) is 0.874. The van der Waals surface area contributed by atoms with Crippen LogP contribution in [-0.4, -0.2) is 28.7 Å². The van der Waals surface area contributed by atoms with Crippen molar-refractivity contribution in [3.63, 3.8) is 0 Å². The molecule has 0 fully saturated rings. The van der Waals surface area contributed by atoms with Crippen LogP contribution in [0.1, 0.15) is 31.7 Å². The fraction of sp³-hybridized carbons (Fsp3) is 0.368. The van der Waals surface area contributed by atoms with Crippen molar-refractivity contribution >= 4 is 17.8 Å². The van der Waals surface area contributed by atoms with E-state index >= 15 is 0 Å². The van der Waals surface area contributed by atoms with Crippen molar-refractivity contribution in [2.24, 2.45) is 0 Å². The zero-order valence-electron chi connectivity index (χ0n) is 14.9. The van der Waals surface area contributed by atoms with Crippen molar-refractivity contribution in [1.29, 1.82) is 0 Å². The molecule has 1 amide bonds. The molecule has 1 aromatic carbocycles. The fourth-order valence-corrected chi connectivity index (χ4v) is 2.32. The molecule has 0 unspecified atom stereocenters. The number of hydrogen-bond donors (Lipinski definition) is 1. The number of halogens is 2. The van der Waals surface area contributed by atoms with Crippen molar-refractivity contribution < 1.29 is 18.3 Å². The first-order valence-electron chi connectivity index (χ1n) is 8.40. The van der Waals surface area contributed by atoms with Crippen LogP contribution in [0.2, 0.25) is 0 Å². The molecular weight excluding hydrogens is 340 g/mol. The minimum Gasteiger partial charge on any atom is -0.497 e. The Kier molecular flexibility index (Phi) is 6.89. The molecule has 0 aliphatic rings. The molecule has 5 nitrogen and oxygen atoms in total. The van der Waals surface area contributed by atoms with Crippen LogP contribution in [-0.2, 0) is 11.3 Å². The third-order valence-electron chi connectivity index (χ3n) is 3.69. The summed E-state index contributed by atoms with van der Waals surface area (Å²) in [5, 5.41) is 6.88. The standard InChI is InChI=1S/C19H23F2N3O2/c1-19(20,21)12-3-4-13-24-14-11-17(23-24)22-18(25)10-7-15-5-8-16(26-2)9-6-15/h5-11,14H,3-4,12-13H2,1-2H3,(H,22,23,25)/b10-7+. The predicted octanol–water partition coefficient (Wildman–Crippen LogP) is 4.37. The molecule has 1 heterocycles. The number of nitrogens with zero attached hydrogens (tertiary/aromatic N) is 2. The van der Waals surface area contributed by atoms with Crippen LogP contribution in [0.4, 0.5) is 14.6 Å². The number of nitrogens with one attached hydrogen (secondary N) is 1. The van der Waals surface area contributed by atoms with E-state index in [0.29, 0.717) is 25.2 Å². The largest absolute Gasteiger partial charge is 0.497 e. The van der Waals surface area contributed by atoms with Crippen molar-refractivity contribution in [2.75, 3.05) is 12.4 Å². The number of carbonyl (C=O) groups excluding carboxylic acids is 1. The van der Waals surface area contributed by atoms with E-state index in [1.54, 1.807) is 30.1 Å². The van der Waals surface area contributed by atoms with Crippen molar-refractivity contribution in [3.05, 3.63) is 48.2 Å². The smallest absolute Gasteiger partial charge is 0.249 e. The van der Waals surface area contributed by atoms with Crippen molar-refractivity contribution in [2.45, 2.75) is 38.7 Å². The second kappa shape index (κ2) is 9.12. The van der Waals surface area contributed by atoms with Crippen LogP contribution >= 0.6 is 0 Å². The Morgan fingerprint density at radius 2 is 2.00 bits per heavy atom. The van der Waals surface area contributed by atoms with Gasteiger partial charge in [0.25, 0.3) is 0 Å². The van der Waals surface area contributed by atoms with Crippen LogP contribution in [0.15, 0.2) is 42.6 Å². The SMILES string of the molecule is COc1ccc(/C=C/C(=O)Nc2ccn(CCCCC(C)(F)F)n2)cc1. The van der Waals surface area contributed by atoms with Gasteiger partial charge in [-0.25, -0.2) is 8.78 Å². The Morgan fingerprint density at radius 3 is 2.65 bits per heavy atom. The molecule has 0 saturated heterocycles. The Labute approximate surface area is 151 Å². The molecule has 0 saturated carbocycles. The van der Waals surface area contributed by atoms with E-state index in [-0.39, 0.29) is 12.3 Å². The number of aryl methyl sites for hydroxylation is 1. The van der Waals surface area contributed by atoms with Crippen LogP contribution in [0.5, 0.6) is 5.75 Å². The van der Waals surface area contributed by atoms with E-state index in [1.807, 2.05) is 24.3 Å². The van der Waals surface area contributed by atoms with Crippen LogP contribution in [0.25, 0.3) is 6.08 Å². The highest BCUT2D eigenvalue weighted by molar-refractivity contribution is 6.01. The van der Waals surface area contributed by atoms with E-state index in [9.17, 15) is 13.6 Å². The normalized spacial score (nSPS) is 11.7. The molecule has 1 aromatic heterocycles. The van der Waals surface area contributed by atoms with Gasteiger partial charge in [0.05, 0.1) is 7.11 Å². The summed E-state index contributed by atoms with van der Waals surface area (Å²) in [5.74, 6) is -1.74. The number of amides is 1. The number of ether oxygens (including phenoxy) is 1. The van der Waals surface area contributed by atoms with E-state index in [4.69, 9.17) is 4.74 Å². The monoisotopic (exact) mass is 363 g/mol. The molecule has 0 aliphatic carbocycles. The number of hydrogen-bond acceptors (Lipinski definition) is 3. The lowest BCUT2D eigenvalue weighted by Crippen LogP contribution is -2.10. The molecule has 0 aliphatic heterocycles. The second-order valence-corrected chi connectivity index (χ2v) is 6.09. The molecule has 2 aromatic rings. The molecule has 0 radical (unpaired) electrons. The number of benzene rings is 1. The number of alkyl halides is 2. The highest BCUT2D eigenvalue weighted by atomic mass is 19.3. The van der Waals surface area contributed by atoms with Gasteiger partial charge in [-0.1, -0.05) is 12.1 Å². The number of methoxy groups -OCH3 is 1. The third-order valence-corrected chi connectivity index (χ3v) is 3.69. The minimum absolute atomic E-state index is 0.131. The van der Waals surface area contributed by atoms with E-state index in [0.717, 1.165) is 18.2 Å². The zero-order valence-corrected chi connectivity index (χ0v) is 14.9. The minimum atomic E-state index is -2.63. The van der Waals surface area contributed by atoms with Gasteiger partial charge in [0.2, 0.25) is 11.8 Å². The summed E-state index contributed by atoms with van der Waals surface area (Å²) in [4.78, 5) is 11.9. The lowest BCUT2D eigenvalue weighted by Gasteiger charge is -2.09. The van der Waals surface area contributed by atoms with Gasteiger partial charge in [0.15, 0.2) is 5.82 Å². The van der Waals surface area contributed by atoms with Gasteiger partial charge in [0.1, 0.15) is 5.75 Å². The van der Waals surface area contributed by atoms with Crippen LogP contribution in [0, 0.1) is 0 Å². The molecule has 26 heavy (non-hydrogen) atoms. The number of carbonyl (C=O) groups is 1. The first-order valence-corrected chi connectivity index (χ1v) is 8.40. The average molecular weight is 363 g/mol. The van der Waals surface area contributed by atoms with Crippen LogP contribution < -0.4 is 10.1 Å². The van der Waals surface area contributed by atoms with Gasteiger partial charge < -0.3 is 10.1 Å². The van der Waals surface area contributed by atoms with Gasteiger partial charge >= 0.3 is 0 Å². The molecule has 0 spiro atoms. The maximum atomic E-state index is 12.7. The summed E-state index contributed by atoms with van der Waals surface area (Å²) in [6.07, 6.45) is 5.73. The predicted molar refractivity (Wildman–Crippen MR) is 97.4 cm³/mol. The summed E-state index contributed by atoms with van der Waals surface area (Å²) in [6.45, 7) is 1.46. The number of rotatable bonds is 9. The molecular formula is C19H23F2N3O2. The summed E-state index contributed by atoms with van der Waals surface area (Å²) >= 11 is 0. The molecule has 140 valence electrons. The highest BCUT2D eigenvalue weighted by Gasteiger charge is 2.19. The summed E-state index contributed by atoms with van der Waals surface area (Å²) in [7, 11) is 1.59. The highest BCUT2D eigenvalue weighted by Crippen LogP contribution is 2.20. The molecule has 2 rings (SSSR count). The molecule has 0 atom stereocenters. The molecule has 0 bridgehead atoms. The molecule has 7 heteroatoms.